The molecule has 0 aromatic heterocycles. The van der Waals surface area contributed by atoms with E-state index >= 15 is 0 Å². The molecule has 3 heteroatoms. The molecule has 0 spiro atoms. The van der Waals surface area contributed by atoms with Crippen LogP contribution in [0, 0.1) is 0 Å². The van der Waals surface area contributed by atoms with E-state index in [9.17, 15) is 0 Å². The van der Waals surface area contributed by atoms with E-state index in [-0.39, 0.29) is 0 Å². The SMILES string of the molecule is CCC(c1ccc(Br)cc1)N1CCC(NC)CC1. The van der Waals surface area contributed by atoms with Crippen molar-refractivity contribution >= 4 is 15.9 Å². The Balaban J connectivity index is 2.03. The highest BCUT2D eigenvalue weighted by Crippen LogP contribution is 2.28. The van der Waals surface area contributed by atoms with Gasteiger partial charge < -0.3 is 5.32 Å². The van der Waals surface area contributed by atoms with Gasteiger partial charge in [-0.25, -0.2) is 0 Å². The van der Waals surface area contributed by atoms with Crippen molar-refractivity contribution in [2.24, 2.45) is 0 Å². The molecule has 1 saturated heterocycles. The minimum Gasteiger partial charge on any atom is -0.317 e. The first-order valence-corrected chi connectivity index (χ1v) is 7.70. The van der Waals surface area contributed by atoms with Crippen LogP contribution < -0.4 is 5.32 Å². The van der Waals surface area contributed by atoms with Gasteiger partial charge >= 0.3 is 0 Å². The van der Waals surface area contributed by atoms with Crippen LogP contribution in [-0.2, 0) is 0 Å². The van der Waals surface area contributed by atoms with Crippen LogP contribution in [0.4, 0.5) is 0 Å². The summed E-state index contributed by atoms with van der Waals surface area (Å²) >= 11 is 3.51. The molecule has 2 nitrogen and oxygen atoms in total. The summed E-state index contributed by atoms with van der Waals surface area (Å²) in [6.45, 7) is 4.71. The molecule has 1 N–H and O–H groups in total. The van der Waals surface area contributed by atoms with Crippen molar-refractivity contribution in [1.29, 1.82) is 0 Å². The number of hydrogen-bond donors (Lipinski definition) is 1. The standard InChI is InChI=1S/C15H23BrN2/c1-3-15(12-4-6-13(16)7-5-12)18-10-8-14(17-2)9-11-18/h4-7,14-15,17H,3,8-11H2,1-2H3. The van der Waals surface area contributed by atoms with Crippen molar-refractivity contribution in [2.75, 3.05) is 20.1 Å². The number of nitrogens with zero attached hydrogens (tertiary/aromatic N) is 1. The minimum absolute atomic E-state index is 0.580. The number of rotatable bonds is 4. The van der Waals surface area contributed by atoms with Crippen molar-refractivity contribution in [2.45, 2.75) is 38.3 Å². The zero-order chi connectivity index (χ0) is 13.0. The predicted molar refractivity (Wildman–Crippen MR) is 80.8 cm³/mol. The third-order valence-electron chi connectivity index (χ3n) is 4.02. The zero-order valence-corrected chi connectivity index (χ0v) is 12.9. The Bertz CT molecular complexity index is 355. The van der Waals surface area contributed by atoms with Gasteiger partial charge in [0.1, 0.15) is 0 Å². The molecule has 100 valence electrons. The van der Waals surface area contributed by atoms with Crippen LogP contribution in [0.25, 0.3) is 0 Å². The monoisotopic (exact) mass is 310 g/mol. The molecular weight excluding hydrogens is 288 g/mol. The zero-order valence-electron chi connectivity index (χ0n) is 11.3. The van der Waals surface area contributed by atoms with Crippen LogP contribution in [0.15, 0.2) is 28.7 Å². The van der Waals surface area contributed by atoms with Crippen LogP contribution in [0.5, 0.6) is 0 Å². The van der Waals surface area contributed by atoms with E-state index in [1.807, 2.05) is 0 Å². The molecule has 1 unspecified atom stereocenters. The number of halogens is 1. The smallest absolute Gasteiger partial charge is 0.0345 e. The Kier molecular flexibility index (Phi) is 5.22. The Morgan fingerprint density at radius 3 is 2.39 bits per heavy atom. The van der Waals surface area contributed by atoms with E-state index in [2.05, 4.69) is 64.4 Å². The van der Waals surface area contributed by atoms with Crippen molar-refractivity contribution in [3.05, 3.63) is 34.3 Å². The fourth-order valence-corrected chi connectivity index (χ4v) is 3.15. The largest absolute Gasteiger partial charge is 0.317 e. The van der Waals surface area contributed by atoms with E-state index in [4.69, 9.17) is 0 Å². The van der Waals surface area contributed by atoms with Gasteiger partial charge in [0.2, 0.25) is 0 Å². The third-order valence-corrected chi connectivity index (χ3v) is 4.55. The number of likely N-dealkylation sites (tertiary alicyclic amines) is 1. The van der Waals surface area contributed by atoms with Crippen molar-refractivity contribution in [1.82, 2.24) is 10.2 Å². The minimum atomic E-state index is 0.580. The second-order valence-electron chi connectivity index (χ2n) is 5.07. The lowest BCUT2D eigenvalue weighted by atomic mass is 9.98. The highest BCUT2D eigenvalue weighted by Gasteiger charge is 2.24. The maximum atomic E-state index is 3.51. The van der Waals surface area contributed by atoms with E-state index in [0.717, 1.165) is 4.47 Å². The fraction of sp³-hybridized carbons (Fsp3) is 0.600. The second kappa shape index (κ2) is 6.69. The molecule has 1 aliphatic rings. The van der Waals surface area contributed by atoms with Gasteiger partial charge in [-0.15, -0.1) is 0 Å². The molecule has 0 amide bonds. The summed E-state index contributed by atoms with van der Waals surface area (Å²) < 4.78 is 1.16. The molecule has 0 saturated carbocycles. The van der Waals surface area contributed by atoms with E-state index in [0.29, 0.717) is 12.1 Å². The summed E-state index contributed by atoms with van der Waals surface area (Å²) in [5.74, 6) is 0. The summed E-state index contributed by atoms with van der Waals surface area (Å²) in [4.78, 5) is 2.64. The summed E-state index contributed by atoms with van der Waals surface area (Å²) in [5, 5.41) is 3.40. The van der Waals surface area contributed by atoms with Gasteiger partial charge in [-0.2, -0.15) is 0 Å². The average Bonchev–Trinajstić information content (AvgIpc) is 2.42. The lowest BCUT2D eigenvalue weighted by molar-refractivity contribution is 0.142. The first-order valence-electron chi connectivity index (χ1n) is 6.91. The number of piperidine rings is 1. The molecule has 18 heavy (non-hydrogen) atoms. The van der Waals surface area contributed by atoms with Gasteiger partial charge in [0.05, 0.1) is 0 Å². The molecule has 1 heterocycles. The Hall–Kier alpha value is -0.380. The molecule has 2 rings (SSSR count). The predicted octanol–water partition coefficient (Wildman–Crippen LogP) is 3.58. The molecule has 1 aromatic carbocycles. The first-order chi connectivity index (χ1) is 8.74. The van der Waals surface area contributed by atoms with Crippen LogP contribution >= 0.6 is 15.9 Å². The molecule has 0 bridgehead atoms. The molecule has 1 aromatic rings. The fourth-order valence-electron chi connectivity index (χ4n) is 2.89. The topological polar surface area (TPSA) is 15.3 Å². The quantitative estimate of drug-likeness (QED) is 0.914. The summed E-state index contributed by atoms with van der Waals surface area (Å²) in [6.07, 6.45) is 3.72. The lowest BCUT2D eigenvalue weighted by Crippen LogP contribution is -2.42. The van der Waals surface area contributed by atoms with Crippen LogP contribution in [0.1, 0.15) is 37.8 Å². The van der Waals surface area contributed by atoms with Gasteiger partial charge in [0.15, 0.2) is 0 Å². The van der Waals surface area contributed by atoms with Crippen molar-refractivity contribution in [3.8, 4) is 0 Å². The Morgan fingerprint density at radius 2 is 1.89 bits per heavy atom. The number of hydrogen-bond acceptors (Lipinski definition) is 2. The first kappa shape index (κ1) is 14.0. The summed E-state index contributed by atoms with van der Waals surface area (Å²) in [5.41, 5.74) is 1.45. The van der Waals surface area contributed by atoms with E-state index in [1.54, 1.807) is 0 Å². The van der Waals surface area contributed by atoms with Crippen molar-refractivity contribution < 1.29 is 0 Å². The molecule has 0 aliphatic carbocycles. The molecule has 1 atom stereocenters. The molecular formula is C15H23BrN2. The Labute approximate surface area is 119 Å². The number of nitrogens with one attached hydrogen (secondary N) is 1. The molecule has 0 radical (unpaired) electrons. The molecule has 1 aliphatic heterocycles. The summed E-state index contributed by atoms with van der Waals surface area (Å²) in [6, 6.07) is 10.1. The van der Waals surface area contributed by atoms with Crippen molar-refractivity contribution in [3.63, 3.8) is 0 Å². The van der Waals surface area contributed by atoms with Gasteiger partial charge in [0.25, 0.3) is 0 Å². The van der Waals surface area contributed by atoms with Gasteiger partial charge in [-0.3, -0.25) is 4.90 Å². The van der Waals surface area contributed by atoms with Gasteiger partial charge in [-0.05, 0) is 44.0 Å². The van der Waals surface area contributed by atoms with Crippen LogP contribution in [0.3, 0.4) is 0 Å². The van der Waals surface area contributed by atoms with Crippen LogP contribution in [-0.4, -0.2) is 31.1 Å². The maximum Gasteiger partial charge on any atom is 0.0345 e. The normalized spacial score (nSPS) is 19.9. The van der Waals surface area contributed by atoms with Crippen LogP contribution in [0.2, 0.25) is 0 Å². The van der Waals surface area contributed by atoms with E-state index in [1.165, 1.54) is 37.9 Å². The second-order valence-corrected chi connectivity index (χ2v) is 5.99. The highest BCUT2D eigenvalue weighted by atomic mass is 79.9. The average molecular weight is 311 g/mol. The maximum absolute atomic E-state index is 3.51. The Morgan fingerprint density at radius 1 is 1.28 bits per heavy atom. The number of benzene rings is 1. The third kappa shape index (κ3) is 3.34. The molecule has 1 fully saturated rings. The van der Waals surface area contributed by atoms with Gasteiger partial charge in [-0.1, -0.05) is 35.0 Å². The van der Waals surface area contributed by atoms with Gasteiger partial charge in [0, 0.05) is 29.6 Å². The summed E-state index contributed by atoms with van der Waals surface area (Å²) in [7, 11) is 2.08. The highest BCUT2D eigenvalue weighted by molar-refractivity contribution is 9.10. The lowest BCUT2D eigenvalue weighted by Gasteiger charge is -2.37. The van der Waals surface area contributed by atoms with E-state index < -0.39 is 0 Å².